The van der Waals surface area contributed by atoms with Crippen molar-refractivity contribution in [2.75, 3.05) is 12.4 Å². The summed E-state index contributed by atoms with van der Waals surface area (Å²) in [6.45, 7) is 4.37. The third kappa shape index (κ3) is 3.80. The first kappa shape index (κ1) is 15.9. The molecule has 0 aliphatic rings. The standard InChI is InChI=1S/C16H18Cl2N2O/c1-4-10(2)11-5-7-12(8-6-11)21-16-14(18)9-13(17)15(19-3)20-16/h5-10H,4H2,1-3H3,(H,19,20). The van der Waals surface area contributed by atoms with Gasteiger partial charge in [-0.05, 0) is 36.1 Å². The van der Waals surface area contributed by atoms with Crippen molar-refractivity contribution < 1.29 is 4.74 Å². The van der Waals surface area contributed by atoms with E-state index in [1.165, 1.54) is 5.56 Å². The monoisotopic (exact) mass is 324 g/mol. The number of benzene rings is 1. The average Bonchev–Trinajstić information content (AvgIpc) is 2.50. The molecular formula is C16H18Cl2N2O. The Bertz CT molecular complexity index is 614. The number of nitrogens with zero attached hydrogens (tertiary/aromatic N) is 1. The fourth-order valence-electron chi connectivity index (χ4n) is 1.91. The molecule has 0 bridgehead atoms. The molecule has 0 saturated heterocycles. The van der Waals surface area contributed by atoms with E-state index in [2.05, 4.69) is 36.3 Å². The number of pyridine rings is 1. The van der Waals surface area contributed by atoms with Crippen LogP contribution in [-0.4, -0.2) is 12.0 Å². The third-order valence-electron chi connectivity index (χ3n) is 3.41. The Morgan fingerprint density at radius 1 is 1.19 bits per heavy atom. The van der Waals surface area contributed by atoms with E-state index < -0.39 is 0 Å². The smallest absolute Gasteiger partial charge is 0.240 e. The van der Waals surface area contributed by atoms with Crippen LogP contribution in [0.1, 0.15) is 31.7 Å². The maximum absolute atomic E-state index is 6.11. The van der Waals surface area contributed by atoms with Crippen LogP contribution in [0.25, 0.3) is 0 Å². The maximum atomic E-state index is 6.11. The van der Waals surface area contributed by atoms with Gasteiger partial charge in [-0.3, -0.25) is 0 Å². The van der Waals surface area contributed by atoms with Gasteiger partial charge in [0.2, 0.25) is 5.88 Å². The zero-order chi connectivity index (χ0) is 15.4. The Hall–Kier alpha value is -1.45. The molecule has 2 aromatic rings. The lowest BCUT2D eigenvalue weighted by molar-refractivity contribution is 0.463. The first-order valence-corrected chi connectivity index (χ1v) is 7.62. The predicted molar refractivity (Wildman–Crippen MR) is 89.0 cm³/mol. The molecule has 0 amide bonds. The van der Waals surface area contributed by atoms with E-state index in [-0.39, 0.29) is 0 Å². The van der Waals surface area contributed by atoms with Gasteiger partial charge in [-0.2, -0.15) is 4.98 Å². The Morgan fingerprint density at radius 3 is 2.43 bits per heavy atom. The van der Waals surface area contributed by atoms with Crippen LogP contribution >= 0.6 is 23.2 Å². The van der Waals surface area contributed by atoms with E-state index >= 15 is 0 Å². The van der Waals surface area contributed by atoms with Gasteiger partial charge in [-0.15, -0.1) is 0 Å². The number of halogens is 2. The largest absolute Gasteiger partial charge is 0.437 e. The average molecular weight is 325 g/mol. The molecule has 5 heteroatoms. The quantitative estimate of drug-likeness (QED) is 0.761. The second kappa shape index (κ2) is 7.01. The molecule has 2 rings (SSSR count). The topological polar surface area (TPSA) is 34.1 Å². The van der Waals surface area contributed by atoms with Gasteiger partial charge in [0.25, 0.3) is 0 Å². The summed E-state index contributed by atoms with van der Waals surface area (Å²) in [6.07, 6.45) is 1.11. The van der Waals surface area contributed by atoms with Gasteiger partial charge in [-0.1, -0.05) is 49.2 Å². The predicted octanol–water partition coefficient (Wildman–Crippen LogP) is 5.74. The second-order valence-corrected chi connectivity index (χ2v) is 5.65. The lowest BCUT2D eigenvalue weighted by Gasteiger charge is -2.12. The highest BCUT2D eigenvalue weighted by Crippen LogP contribution is 2.33. The van der Waals surface area contributed by atoms with Crippen LogP contribution in [0.2, 0.25) is 10.0 Å². The van der Waals surface area contributed by atoms with E-state index in [9.17, 15) is 0 Å². The van der Waals surface area contributed by atoms with Gasteiger partial charge in [0.15, 0.2) is 0 Å². The molecule has 1 atom stereocenters. The molecule has 0 aliphatic heterocycles. The molecule has 1 aromatic heterocycles. The number of ether oxygens (including phenoxy) is 1. The molecule has 112 valence electrons. The Morgan fingerprint density at radius 2 is 1.86 bits per heavy atom. The van der Waals surface area contributed by atoms with Crippen molar-refractivity contribution in [3.8, 4) is 11.6 Å². The zero-order valence-corrected chi connectivity index (χ0v) is 13.8. The van der Waals surface area contributed by atoms with E-state index in [1.807, 2.05) is 12.1 Å². The summed E-state index contributed by atoms with van der Waals surface area (Å²) in [7, 11) is 1.74. The van der Waals surface area contributed by atoms with Crippen LogP contribution in [0.4, 0.5) is 5.82 Å². The van der Waals surface area contributed by atoms with Crippen molar-refractivity contribution in [3.63, 3.8) is 0 Å². The summed E-state index contributed by atoms with van der Waals surface area (Å²) in [5, 5.41) is 3.74. The fraction of sp³-hybridized carbons (Fsp3) is 0.312. The normalized spacial score (nSPS) is 12.0. The lowest BCUT2D eigenvalue weighted by Crippen LogP contribution is -1.97. The molecule has 0 fully saturated rings. The summed E-state index contributed by atoms with van der Waals surface area (Å²) in [5.74, 6) is 2.10. The summed E-state index contributed by atoms with van der Waals surface area (Å²) in [6, 6.07) is 9.59. The molecule has 0 aliphatic carbocycles. The summed E-state index contributed by atoms with van der Waals surface area (Å²) in [4.78, 5) is 4.26. The second-order valence-electron chi connectivity index (χ2n) is 4.84. The molecule has 0 radical (unpaired) electrons. The highest BCUT2D eigenvalue weighted by Gasteiger charge is 2.11. The van der Waals surface area contributed by atoms with Crippen molar-refractivity contribution in [1.29, 1.82) is 0 Å². The van der Waals surface area contributed by atoms with Gasteiger partial charge in [-0.25, -0.2) is 0 Å². The van der Waals surface area contributed by atoms with E-state index in [0.717, 1.165) is 6.42 Å². The molecule has 1 heterocycles. The zero-order valence-electron chi connectivity index (χ0n) is 12.3. The van der Waals surface area contributed by atoms with Crippen LogP contribution in [0, 0.1) is 0 Å². The fourth-order valence-corrected chi connectivity index (χ4v) is 2.40. The van der Waals surface area contributed by atoms with E-state index in [1.54, 1.807) is 13.1 Å². The minimum Gasteiger partial charge on any atom is -0.437 e. The Labute approximate surface area is 135 Å². The number of anilines is 1. The molecule has 3 nitrogen and oxygen atoms in total. The number of hydrogen-bond acceptors (Lipinski definition) is 3. The highest BCUT2D eigenvalue weighted by atomic mass is 35.5. The Balaban J connectivity index is 2.22. The molecule has 0 spiro atoms. The third-order valence-corrected chi connectivity index (χ3v) is 3.97. The van der Waals surface area contributed by atoms with Crippen molar-refractivity contribution in [3.05, 3.63) is 45.9 Å². The summed E-state index contributed by atoms with van der Waals surface area (Å²) in [5.41, 5.74) is 1.29. The minimum atomic E-state index is 0.335. The molecule has 1 N–H and O–H groups in total. The van der Waals surface area contributed by atoms with Crippen LogP contribution in [0.5, 0.6) is 11.6 Å². The van der Waals surface area contributed by atoms with Crippen molar-refractivity contribution in [1.82, 2.24) is 4.98 Å². The first-order chi connectivity index (χ1) is 10.0. The number of hydrogen-bond donors (Lipinski definition) is 1. The number of rotatable bonds is 5. The SMILES string of the molecule is CCC(C)c1ccc(Oc2nc(NC)c(Cl)cc2Cl)cc1. The van der Waals surface area contributed by atoms with Crippen LogP contribution in [0.15, 0.2) is 30.3 Å². The lowest BCUT2D eigenvalue weighted by atomic mass is 9.99. The van der Waals surface area contributed by atoms with Gasteiger partial charge < -0.3 is 10.1 Å². The molecular weight excluding hydrogens is 307 g/mol. The molecule has 1 unspecified atom stereocenters. The van der Waals surface area contributed by atoms with Crippen molar-refractivity contribution in [2.24, 2.45) is 0 Å². The van der Waals surface area contributed by atoms with E-state index in [4.69, 9.17) is 27.9 Å². The highest BCUT2D eigenvalue weighted by molar-refractivity contribution is 6.36. The molecule has 0 saturated carbocycles. The van der Waals surface area contributed by atoms with Gasteiger partial charge in [0.1, 0.15) is 16.6 Å². The number of nitrogens with one attached hydrogen (secondary N) is 1. The van der Waals surface area contributed by atoms with Gasteiger partial charge in [0.05, 0.1) is 5.02 Å². The first-order valence-electron chi connectivity index (χ1n) is 6.86. The number of aromatic nitrogens is 1. The van der Waals surface area contributed by atoms with Gasteiger partial charge >= 0.3 is 0 Å². The Kier molecular flexibility index (Phi) is 5.32. The van der Waals surface area contributed by atoms with Crippen molar-refractivity contribution in [2.45, 2.75) is 26.2 Å². The van der Waals surface area contributed by atoms with Crippen molar-refractivity contribution >= 4 is 29.0 Å². The molecule has 1 aromatic carbocycles. The van der Waals surface area contributed by atoms with E-state index in [0.29, 0.717) is 33.4 Å². The maximum Gasteiger partial charge on any atom is 0.240 e. The minimum absolute atomic E-state index is 0.335. The van der Waals surface area contributed by atoms with Gasteiger partial charge in [0, 0.05) is 7.05 Å². The summed E-state index contributed by atoms with van der Waals surface area (Å²) >= 11 is 12.1. The summed E-state index contributed by atoms with van der Waals surface area (Å²) < 4.78 is 5.73. The van der Waals surface area contributed by atoms with Crippen LogP contribution in [-0.2, 0) is 0 Å². The molecule has 21 heavy (non-hydrogen) atoms. The van der Waals surface area contributed by atoms with Crippen LogP contribution in [0.3, 0.4) is 0 Å². The van der Waals surface area contributed by atoms with Crippen LogP contribution < -0.4 is 10.1 Å².